The van der Waals surface area contributed by atoms with Gasteiger partial charge in [-0.25, -0.2) is 13.2 Å². The van der Waals surface area contributed by atoms with Crippen molar-refractivity contribution >= 4 is 27.6 Å². The van der Waals surface area contributed by atoms with Crippen molar-refractivity contribution in [2.24, 2.45) is 5.92 Å². The van der Waals surface area contributed by atoms with E-state index < -0.39 is 9.84 Å². The van der Waals surface area contributed by atoms with Crippen molar-refractivity contribution in [2.75, 3.05) is 43.0 Å². The minimum Gasteiger partial charge on any atom is -0.359 e. The molecule has 1 aromatic rings. The van der Waals surface area contributed by atoms with Crippen LogP contribution in [0.4, 0.5) is 10.6 Å². The van der Waals surface area contributed by atoms with Gasteiger partial charge in [0.15, 0.2) is 5.82 Å². The van der Waals surface area contributed by atoms with Crippen molar-refractivity contribution in [3.63, 3.8) is 0 Å². The topological polar surface area (TPSA) is 113 Å². The number of aromatic nitrogens is 1. The molecule has 0 aliphatic carbocycles. The molecule has 0 bridgehead atoms. The molecule has 0 atom stereocenters. The predicted molar refractivity (Wildman–Crippen MR) is 108 cm³/mol. The second kappa shape index (κ2) is 8.33. The molecule has 2 saturated heterocycles. The van der Waals surface area contributed by atoms with Crippen LogP contribution in [0, 0.1) is 5.92 Å². The van der Waals surface area contributed by atoms with E-state index in [1.54, 1.807) is 15.9 Å². The first-order valence-electron chi connectivity index (χ1n) is 10.1. The van der Waals surface area contributed by atoms with Gasteiger partial charge in [0.25, 0.3) is 0 Å². The normalized spacial score (nSPS) is 20.9. The number of nitrogens with zero attached hydrogens (tertiary/aromatic N) is 3. The van der Waals surface area contributed by atoms with E-state index in [0.29, 0.717) is 57.0 Å². The minimum absolute atomic E-state index is 0.00785. The van der Waals surface area contributed by atoms with Crippen molar-refractivity contribution in [2.45, 2.75) is 45.4 Å². The van der Waals surface area contributed by atoms with E-state index in [1.165, 1.54) is 0 Å². The average Bonchev–Trinajstić information content (AvgIpc) is 2.97. The van der Waals surface area contributed by atoms with Gasteiger partial charge in [-0.2, -0.15) is 0 Å². The Morgan fingerprint density at radius 2 is 1.72 bits per heavy atom. The summed E-state index contributed by atoms with van der Waals surface area (Å²) in [5.74, 6) is 1.01. The molecule has 162 valence electrons. The number of urea groups is 1. The maximum atomic E-state index is 12.8. The molecule has 3 amide bonds. The fourth-order valence-corrected chi connectivity index (χ4v) is 5.10. The van der Waals surface area contributed by atoms with E-state index in [2.05, 4.69) is 10.5 Å². The summed E-state index contributed by atoms with van der Waals surface area (Å²) in [5.41, 5.74) is -0.197. The number of carbonyl (C=O) groups excluding carboxylic acids is 2. The van der Waals surface area contributed by atoms with E-state index in [1.807, 2.05) is 20.8 Å². The molecular weight excluding hydrogens is 396 g/mol. The molecule has 2 aliphatic heterocycles. The highest BCUT2D eigenvalue weighted by Gasteiger charge is 2.32. The van der Waals surface area contributed by atoms with Crippen molar-refractivity contribution in [1.82, 2.24) is 15.0 Å². The molecule has 0 spiro atoms. The zero-order valence-electron chi connectivity index (χ0n) is 17.3. The molecule has 2 aliphatic rings. The maximum Gasteiger partial charge on any atom is 0.323 e. The monoisotopic (exact) mass is 426 g/mol. The average molecular weight is 427 g/mol. The van der Waals surface area contributed by atoms with Gasteiger partial charge in [-0.15, -0.1) is 0 Å². The molecule has 1 N–H and O–H groups in total. The number of nitrogens with one attached hydrogen (secondary N) is 1. The Morgan fingerprint density at radius 1 is 1.10 bits per heavy atom. The number of hydrogen-bond acceptors (Lipinski definition) is 6. The van der Waals surface area contributed by atoms with Crippen molar-refractivity contribution in [3.8, 4) is 0 Å². The van der Waals surface area contributed by atoms with Crippen LogP contribution in [0.25, 0.3) is 0 Å². The molecule has 2 fully saturated rings. The summed E-state index contributed by atoms with van der Waals surface area (Å²) in [5, 5.41) is 6.67. The predicted octanol–water partition coefficient (Wildman–Crippen LogP) is 1.86. The second-order valence-corrected chi connectivity index (χ2v) is 11.2. The van der Waals surface area contributed by atoms with Gasteiger partial charge >= 0.3 is 6.03 Å². The van der Waals surface area contributed by atoms with Crippen molar-refractivity contribution in [3.05, 3.63) is 11.8 Å². The highest BCUT2D eigenvalue weighted by Crippen LogP contribution is 2.25. The van der Waals surface area contributed by atoms with Crippen LogP contribution in [-0.2, 0) is 20.0 Å². The van der Waals surface area contributed by atoms with Gasteiger partial charge in [-0.3, -0.25) is 10.1 Å². The molecule has 3 rings (SSSR count). The summed E-state index contributed by atoms with van der Waals surface area (Å²) in [6, 6.07) is 1.46. The summed E-state index contributed by atoms with van der Waals surface area (Å²) >= 11 is 0. The lowest BCUT2D eigenvalue weighted by atomic mass is 9.93. The number of sulfone groups is 1. The zero-order valence-corrected chi connectivity index (χ0v) is 18.1. The van der Waals surface area contributed by atoms with Crippen LogP contribution in [0.1, 0.15) is 45.8 Å². The van der Waals surface area contributed by atoms with Crippen LogP contribution in [0.3, 0.4) is 0 Å². The molecule has 0 radical (unpaired) electrons. The third kappa shape index (κ3) is 5.49. The summed E-state index contributed by atoms with van der Waals surface area (Å²) in [4.78, 5) is 28.8. The van der Waals surface area contributed by atoms with Crippen LogP contribution >= 0.6 is 0 Å². The lowest BCUT2D eigenvalue weighted by Crippen LogP contribution is -2.42. The summed E-state index contributed by atoms with van der Waals surface area (Å²) in [6.07, 6.45) is 1.46. The molecular formula is C19H30N4O5S. The standard InChI is InChI=1S/C19H30N4O5S/c1-19(2,3)15-13-16(21-28-15)20-18(25)23-8-4-7-22(9-10-23)17(24)14-5-11-29(26,27)12-6-14/h13-14H,4-12H2,1-3H3,(H,20,21,25). The lowest BCUT2D eigenvalue weighted by molar-refractivity contribution is -0.135. The first kappa shape index (κ1) is 21.6. The van der Waals surface area contributed by atoms with Gasteiger partial charge in [0.1, 0.15) is 15.6 Å². The van der Waals surface area contributed by atoms with Gasteiger partial charge in [0.2, 0.25) is 5.91 Å². The van der Waals surface area contributed by atoms with E-state index >= 15 is 0 Å². The van der Waals surface area contributed by atoms with Crippen LogP contribution in [0.5, 0.6) is 0 Å². The van der Waals surface area contributed by atoms with E-state index in [4.69, 9.17) is 4.52 Å². The zero-order chi connectivity index (χ0) is 21.2. The third-order valence-electron chi connectivity index (χ3n) is 5.48. The quantitative estimate of drug-likeness (QED) is 0.772. The van der Waals surface area contributed by atoms with Gasteiger partial charge in [0.05, 0.1) is 11.5 Å². The van der Waals surface area contributed by atoms with E-state index in [-0.39, 0.29) is 34.8 Å². The SMILES string of the molecule is CC(C)(C)c1cc(NC(=O)N2CCCN(C(=O)C3CCS(=O)(=O)CC3)CC2)no1. The van der Waals surface area contributed by atoms with Crippen molar-refractivity contribution < 1.29 is 22.5 Å². The summed E-state index contributed by atoms with van der Waals surface area (Å²) < 4.78 is 28.5. The lowest BCUT2D eigenvalue weighted by Gasteiger charge is -2.28. The number of anilines is 1. The number of amides is 3. The highest BCUT2D eigenvalue weighted by atomic mass is 32.2. The van der Waals surface area contributed by atoms with Crippen LogP contribution in [-0.4, -0.2) is 73.0 Å². The summed E-state index contributed by atoms with van der Waals surface area (Å²) in [6.45, 7) is 7.99. The Balaban J connectivity index is 1.53. The summed E-state index contributed by atoms with van der Waals surface area (Å²) in [7, 11) is -2.99. The Morgan fingerprint density at radius 3 is 2.34 bits per heavy atom. The Labute approximate surface area is 171 Å². The second-order valence-electron chi connectivity index (χ2n) is 8.85. The van der Waals surface area contributed by atoms with Crippen LogP contribution in [0.15, 0.2) is 10.6 Å². The Hall–Kier alpha value is -2.10. The number of carbonyl (C=O) groups is 2. The largest absolute Gasteiger partial charge is 0.359 e. The molecule has 0 unspecified atom stereocenters. The van der Waals surface area contributed by atoms with E-state index in [9.17, 15) is 18.0 Å². The molecule has 9 nitrogen and oxygen atoms in total. The fourth-order valence-electron chi connectivity index (χ4n) is 3.61. The van der Waals surface area contributed by atoms with Crippen molar-refractivity contribution in [1.29, 1.82) is 0 Å². The fraction of sp³-hybridized carbons (Fsp3) is 0.737. The van der Waals surface area contributed by atoms with Gasteiger partial charge < -0.3 is 14.3 Å². The number of hydrogen-bond donors (Lipinski definition) is 1. The van der Waals surface area contributed by atoms with Gasteiger partial charge in [0, 0.05) is 43.6 Å². The Kier molecular flexibility index (Phi) is 6.21. The molecule has 1 aromatic heterocycles. The molecule has 0 aromatic carbocycles. The third-order valence-corrected chi connectivity index (χ3v) is 7.20. The maximum absolute atomic E-state index is 12.8. The first-order chi connectivity index (χ1) is 13.5. The molecule has 0 saturated carbocycles. The van der Waals surface area contributed by atoms with Crippen LogP contribution in [0.2, 0.25) is 0 Å². The first-order valence-corrected chi connectivity index (χ1v) is 11.9. The number of rotatable bonds is 2. The van der Waals surface area contributed by atoms with Gasteiger partial charge in [-0.1, -0.05) is 25.9 Å². The van der Waals surface area contributed by atoms with E-state index in [0.717, 1.165) is 0 Å². The highest BCUT2D eigenvalue weighted by molar-refractivity contribution is 7.91. The Bertz CT molecular complexity index is 844. The minimum atomic E-state index is -2.99. The van der Waals surface area contributed by atoms with Crippen LogP contribution < -0.4 is 5.32 Å². The molecule has 3 heterocycles. The molecule has 10 heteroatoms. The van der Waals surface area contributed by atoms with Gasteiger partial charge in [-0.05, 0) is 19.3 Å². The smallest absolute Gasteiger partial charge is 0.323 e. The molecule has 29 heavy (non-hydrogen) atoms.